The van der Waals surface area contributed by atoms with E-state index >= 15 is 0 Å². The number of nitrogens with one attached hydrogen (secondary N) is 1. The number of halogens is 5. The van der Waals surface area contributed by atoms with Gasteiger partial charge < -0.3 is 15.0 Å². The maximum atomic E-state index is 13.6. The number of nitrogens with zero attached hydrogens (tertiary/aromatic N) is 3. The number of allylic oxidation sites excluding steroid dienone is 1. The number of hydrogen-bond donors (Lipinski definition) is 1. The Morgan fingerprint density at radius 3 is 2.57 bits per heavy atom. The quantitative estimate of drug-likeness (QED) is 0.592. The van der Waals surface area contributed by atoms with Gasteiger partial charge in [0, 0.05) is 24.4 Å². The highest BCUT2D eigenvalue weighted by Gasteiger charge is 2.47. The first kappa shape index (κ1) is 25.6. The van der Waals surface area contributed by atoms with Crippen LogP contribution in [0, 0.1) is 11.3 Å². The van der Waals surface area contributed by atoms with Crippen molar-refractivity contribution >= 4 is 17.4 Å². The molecule has 1 N–H and O–H groups in total. The van der Waals surface area contributed by atoms with Crippen molar-refractivity contribution in [1.82, 2.24) is 15.2 Å². The van der Waals surface area contributed by atoms with Crippen LogP contribution in [0.3, 0.4) is 0 Å². The number of hydrogen-bond acceptors (Lipinski definition) is 5. The standard InChI is InChI=1S/C23H19F5N4O3/c1-14(15-2-4-18(5-3-15)35-23(26,27)28)8-16-11-30-7-6-19(16)21(34)31-12-20(33)32-13-22(24,25)9-17(32)10-29/h2-7,11,17H,1,8-9,12-13H2,(H,31,34)/t17-/m0/s1. The Kier molecular flexibility index (Phi) is 7.38. The maximum Gasteiger partial charge on any atom is 0.573 e. The lowest BCUT2D eigenvalue weighted by Gasteiger charge is -2.19. The second-order valence-corrected chi connectivity index (χ2v) is 7.79. The second-order valence-electron chi connectivity index (χ2n) is 7.79. The lowest BCUT2D eigenvalue weighted by atomic mass is 9.97. The molecule has 1 saturated heterocycles. The van der Waals surface area contributed by atoms with E-state index in [1.54, 1.807) is 6.07 Å². The molecule has 1 aliphatic heterocycles. The largest absolute Gasteiger partial charge is 0.573 e. The minimum Gasteiger partial charge on any atom is -0.406 e. The molecule has 2 heterocycles. The summed E-state index contributed by atoms with van der Waals surface area (Å²) in [4.78, 5) is 29.7. The molecule has 1 fully saturated rings. The molecule has 0 spiro atoms. The highest BCUT2D eigenvalue weighted by molar-refractivity contribution is 5.98. The fourth-order valence-corrected chi connectivity index (χ4v) is 3.56. The zero-order valence-electron chi connectivity index (χ0n) is 18.1. The molecule has 1 aliphatic rings. The van der Waals surface area contributed by atoms with Crippen molar-refractivity contribution in [1.29, 1.82) is 5.26 Å². The monoisotopic (exact) mass is 494 g/mol. The van der Waals surface area contributed by atoms with Crippen molar-refractivity contribution in [2.24, 2.45) is 0 Å². The van der Waals surface area contributed by atoms with Crippen molar-refractivity contribution in [2.75, 3.05) is 13.1 Å². The van der Waals surface area contributed by atoms with Gasteiger partial charge in [-0.05, 0) is 41.3 Å². The molecule has 3 rings (SSSR count). The first-order valence-electron chi connectivity index (χ1n) is 10.2. The number of alkyl halides is 5. The molecule has 0 unspecified atom stereocenters. The molecule has 35 heavy (non-hydrogen) atoms. The third-order valence-corrected chi connectivity index (χ3v) is 5.19. The van der Waals surface area contributed by atoms with Gasteiger partial charge in [-0.1, -0.05) is 18.7 Å². The maximum absolute atomic E-state index is 13.6. The molecular weight excluding hydrogens is 475 g/mol. The second kappa shape index (κ2) is 10.1. The zero-order chi connectivity index (χ0) is 25.8. The Morgan fingerprint density at radius 1 is 1.26 bits per heavy atom. The summed E-state index contributed by atoms with van der Waals surface area (Å²) >= 11 is 0. The normalized spacial score (nSPS) is 16.9. The SMILES string of the molecule is C=C(Cc1cnccc1C(=O)NCC(=O)N1CC(F)(F)C[C@H]1C#N)c1ccc(OC(F)(F)F)cc1. The van der Waals surface area contributed by atoms with E-state index in [0.717, 1.165) is 17.0 Å². The lowest BCUT2D eigenvalue weighted by Crippen LogP contribution is -2.43. The number of aromatic nitrogens is 1. The van der Waals surface area contributed by atoms with E-state index in [1.807, 2.05) is 0 Å². The van der Waals surface area contributed by atoms with Crippen molar-refractivity contribution in [3.63, 3.8) is 0 Å². The average Bonchev–Trinajstić information content (AvgIpc) is 3.11. The van der Waals surface area contributed by atoms with Gasteiger partial charge in [-0.15, -0.1) is 13.2 Å². The Labute approximate surface area is 196 Å². The Morgan fingerprint density at radius 2 is 1.94 bits per heavy atom. The van der Waals surface area contributed by atoms with E-state index in [1.165, 1.54) is 30.6 Å². The van der Waals surface area contributed by atoms with Crippen LogP contribution in [0.25, 0.3) is 5.57 Å². The highest BCUT2D eigenvalue weighted by atomic mass is 19.4. The number of nitriles is 1. The van der Waals surface area contributed by atoms with E-state index in [-0.39, 0.29) is 12.0 Å². The van der Waals surface area contributed by atoms with Crippen LogP contribution >= 0.6 is 0 Å². The van der Waals surface area contributed by atoms with Gasteiger partial charge >= 0.3 is 6.36 Å². The predicted octanol–water partition coefficient (Wildman–Crippen LogP) is 3.73. The van der Waals surface area contributed by atoms with Crippen LogP contribution in [0.15, 0.2) is 49.3 Å². The summed E-state index contributed by atoms with van der Waals surface area (Å²) in [7, 11) is 0. The van der Waals surface area contributed by atoms with Crippen molar-refractivity contribution in [3.05, 3.63) is 66.0 Å². The van der Waals surface area contributed by atoms with Crippen molar-refractivity contribution < 1.29 is 36.3 Å². The summed E-state index contributed by atoms with van der Waals surface area (Å²) in [5.74, 6) is -5.05. The number of benzene rings is 1. The highest BCUT2D eigenvalue weighted by Crippen LogP contribution is 2.31. The van der Waals surface area contributed by atoms with Crippen LogP contribution in [-0.2, 0) is 11.2 Å². The van der Waals surface area contributed by atoms with Crippen LogP contribution in [0.2, 0.25) is 0 Å². The number of ether oxygens (including phenoxy) is 1. The van der Waals surface area contributed by atoms with Gasteiger partial charge in [-0.3, -0.25) is 14.6 Å². The molecule has 2 aromatic rings. The zero-order valence-corrected chi connectivity index (χ0v) is 18.1. The molecule has 2 amide bonds. The van der Waals surface area contributed by atoms with E-state index in [2.05, 4.69) is 21.6 Å². The summed E-state index contributed by atoms with van der Waals surface area (Å²) in [6.07, 6.45) is -2.72. The minimum absolute atomic E-state index is 0.110. The van der Waals surface area contributed by atoms with Crippen LogP contribution in [-0.4, -0.2) is 53.1 Å². The number of pyridine rings is 1. The summed E-state index contributed by atoms with van der Waals surface area (Å²) in [5, 5.41) is 11.4. The lowest BCUT2D eigenvalue weighted by molar-refractivity contribution is -0.274. The molecule has 0 aliphatic carbocycles. The Bertz CT molecular complexity index is 1160. The van der Waals surface area contributed by atoms with E-state index < -0.39 is 55.4 Å². The van der Waals surface area contributed by atoms with Gasteiger partial charge in [0.2, 0.25) is 5.91 Å². The molecule has 0 bridgehead atoms. The molecule has 0 saturated carbocycles. The topological polar surface area (TPSA) is 95.3 Å². The number of likely N-dealkylation sites (tertiary alicyclic amines) is 1. The third-order valence-electron chi connectivity index (χ3n) is 5.19. The summed E-state index contributed by atoms with van der Waals surface area (Å²) in [6, 6.07) is 6.81. The predicted molar refractivity (Wildman–Crippen MR) is 113 cm³/mol. The first-order chi connectivity index (χ1) is 16.4. The molecule has 1 aromatic carbocycles. The van der Waals surface area contributed by atoms with Gasteiger partial charge in [0.05, 0.1) is 19.2 Å². The third kappa shape index (κ3) is 6.75. The summed E-state index contributed by atoms with van der Waals surface area (Å²) in [5.41, 5.74) is 1.54. The molecular formula is C23H19F5N4O3. The molecule has 1 aromatic heterocycles. The molecule has 7 nitrogen and oxygen atoms in total. The van der Waals surface area contributed by atoms with Crippen LogP contribution in [0.5, 0.6) is 5.75 Å². The van der Waals surface area contributed by atoms with Crippen molar-refractivity contribution in [2.45, 2.75) is 31.2 Å². The number of carbonyl (C=O) groups is 2. The summed E-state index contributed by atoms with van der Waals surface area (Å²) in [6.45, 7) is 2.42. The first-order valence-corrected chi connectivity index (χ1v) is 10.2. The minimum atomic E-state index is -4.82. The van der Waals surface area contributed by atoms with Gasteiger partial charge in [-0.25, -0.2) is 8.78 Å². The van der Waals surface area contributed by atoms with Gasteiger partial charge in [0.25, 0.3) is 11.8 Å². The Balaban J connectivity index is 1.64. The van der Waals surface area contributed by atoms with E-state index in [9.17, 15) is 31.5 Å². The Hall–Kier alpha value is -4.01. The van der Waals surface area contributed by atoms with Gasteiger partial charge in [0.1, 0.15) is 11.8 Å². The molecule has 12 heteroatoms. The van der Waals surface area contributed by atoms with Crippen LogP contribution in [0.4, 0.5) is 22.0 Å². The fraction of sp³-hybridized carbons (Fsp3) is 0.304. The van der Waals surface area contributed by atoms with Gasteiger partial charge in [-0.2, -0.15) is 5.26 Å². The fourth-order valence-electron chi connectivity index (χ4n) is 3.56. The summed E-state index contributed by atoms with van der Waals surface area (Å²) < 4.78 is 67.9. The van der Waals surface area contributed by atoms with E-state index in [4.69, 9.17) is 5.26 Å². The average molecular weight is 494 g/mol. The van der Waals surface area contributed by atoms with Crippen molar-refractivity contribution in [3.8, 4) is 11.8 Å². The number of amides is 2. The molecule has 0 radical (unpaired) electrons. The van der Waals surface area contributed by atoms with Crippen LogP contribution in [0.1, 0.15) is 27.9 Å². The van der Waals surface area contributed by atoms with Crippen LogP contribution < -0.4 is 10.1 Å². The van der Waals surface area contributed by atoms with Gasteiger partial charge in [0.15, 0.2) is 0 Å². The molecule has 1 atom stereocenters. The molecule has 184 valence electrons. The smallest absolute Gasteiger partial charge is 0.406 e. The van der Waals surface area contributed by atoms with E-state index in [0.29, 0.717) is 16.7 Å². The number of carbonyl (C=O) groups excluding carboxylic acids is 2. The number of rotatable bonds is 7.